The summed E-state index contributed by atoms with van der Waals surface area (Å²) < 4.78 is 1.95. The zero-order valence-electron chi connectivity index (χ0n) is 23.2. The molecule has 1 aromatic carbocycles. The number of halogens is 1. The van der Waals surface area contributed by atoms with Crippen LogP contribution in [0.1, 0.15) is 47.9 Å². The van der Waals surface area contributed by atoms with Crippen LogP contribution < -0.4 is 15.1 Å². The Morgan fingerprint density at radius 2 is 1.98 bits per heavy atom. The maximum Gasteiger partial charge on any atom is 0.331 e. The molecule has 2 atom stereocenters. The largest absolute Gasteiger partial charge is 0.367 e. The third kappa shape index (κ3) is 4.94. The van der Waals surface area contributed by atoms with Crippen LogP contribution in [0.2, 0.25) is 5.02 Å². The van der Waals surface area contributed by atoms with Gasteiger partial charge in [0.15, 0.2) is 11.5 Å². The number of benzene rings is 1. The summed E-state index contributed by atoms with van der Waals surface area (Å²) in [5, 5.41) is 11.8. The van der Waals surface area contributed by atoms with Crippen LogP contribution in [0.25, 0.3) is 5.65 Å². The van der Waals surface area contributed by atoms with Crippen LogP contribution in [-0.4, -0.2) is 63.0 Å². The summed E-state index contributed by atoms with van der Waals surface area (Å²) in [7, 11) is 3.41. The van der Waals surface area contributed by atoms with Gasteiger partial charge >= 0.3 is 6.03 Å². The van der Waals surface area contributed by atoms with Crippen molar-refractivity contribution in [2.45, 2.75) is 37.6 Å². The van der Waals surface area contributed by atoms with Crippen LogP contribution in [0.3, 0.4) is 0 Å². The van der Waals surface area contributed by atoms with E-state index in [0.29, 0.717) is 34.6 Å². The minimum atomic E-state index is -0.348. The highest BCUT2D eigenvalue weighted by Crippen LogP contribution is 2.48. The summed E-state index contributed by atoms with van der Waals surface area (Å²) in [5.74, 6) is 0.536. The lowest BCUT2D eigenvalue weighted by molar-refractivity contribution is -0.124. The molecule has 1 aliphatic heterocycles. The number of hydrogen-bond donors (Lipinski definition) is 1. The number of anilines is 3. The smallest absolute Gasteiger partial charge is 0.331 e. The highest BCUT2D eigenvalue weighted by atomic mass is 35.5. The van der Waals surface area contributed by atoms with Crippen LogP contribution in [0.5, 0.6) is 0 Å². The summed E-state index contributed by atoms with van der Waals surface area (Å²) in [6, 6.07) is 11.1. The summed E-state index contributed by atoms with van der Waals surface area (Å²) >= 11 is 6.12. The zero-order valence-corrected chi connectivity index (χ0v) is 24.0. The molecule has 4 aromatic rings. The molecule has 3 aromatic heterocycles. The van der Waals surface area contributed by atoms with Gasteiger partial charge in [0.1, 0.15) is 6.54 Å². The Balaban J connectivity index is 1.08. The molecule has 0 spiro atoms. The Morgan fingerprint density at radius 3 is 2.71 bits per heavy atom. The van der Waals surface area contributed by atoms with E-state index in [1.54, 1.807) is 12.3 Å². The molecule has 0 radical (unpaired) electrons. The molecule has 4 heterocycles. The number of aromatic nitrogens is 4. The average Bonchev–Trinajstić information content (AvgIpc) is 3.90. The second kappa shape index (κ2) is 10.1. The van der Waals surface area contributed by atoms with Crippen LogP contribution in [-0.2, 0) is 16.1 Å². The first-order valence-corrected chi connectivity index (χ1v) is 14.3. The van der Waals surface area contributed by atoms with E-state index in [1.807, 2.05) is 52.9 Å². The number of nitrogens with one attached hydrogen (secondary N) is 1. The first kappa shape index (κ1) is 26.4. The number of amides is 4. The van der Waals surface area contributed by atoms with Crippen molar-refractivity contribution in [3.05, 3.63) is 76.8 Å². The van der Waals surface area contributed by atoms with Gasteiger partial charge in [-0.25, -0.2) is 9.78 Å². The molecule has 2 aliphatic carbocycles. The number of carbonyl (C=O) groups excluding carboxylic acids is 3. The SMILES string of the molecule is CN1C(=O)CN(c2cc(C3CC3)cn3cc(CN(C)c4cnnc(NC(=O)[C@H]5C[C@@H]5c5cccc(Cl)c5)c4)nc23)C1=O. The first-order chi connectivity index (χ1) is 20.2. The number of likely N-dealkylation sites (N-methyl/N-ethyl adjacent to an activating group) is 1. The van der Waals surface area contributed by atoms with Gasteiger partial charge in [-0.3, -0.25) is 19.4 Å². The average molecular weight is 585 g/mol. The van der Waals surface area contributed by atoms with Gasteiger partial charge in [0, 0.05) is 43.5 Å². The molecule has 7 rings (SSSR count). The minimum absolute atomic E-state index is 0.000903. The molecule has 11 nitrogen and oxygen atoms in total. The molecular weight excluding hydrogens is 556 g/mol. The predicted molar refractivity (Wildman–Crippen MR) is 158 cm³/mol. The minimum Gasteiger partial charge on any atom is -0.367 e. The molecule has 214 valence electrons. The maximum atomic E-state index is 12.9. The second-order valence-electron chi connectivity index (χ2n) is 11.4. The van der Waals surface area contributed by atoms with E-state index in [9.17, 15) is 14.4 Å². The molecule has 12 heteroatoms. The van der Waals surface area contributed by atoms with Crippen molar-refractivity contribution in [1.29, 1.82) is 0 Å². The summed E-state index contributed by atoms with van der Waals surface area (Å²) in [6.07, 6.45) is 8.64. The van der Waals surface area contributed by atoms with E-state index in [4.69, 9.17) is 16.6 Å². The van der Waals surface area contributed by atoms with E-state index in [2.05, 4.69) is 21.7 Å². The Kier molecular flexibility index (Phi) is 6.34. The number of nitrogens with zero attached hydrogens (tertiary/aromatic N) is 7. The molecule has 3 aliphatic rings. The zero-order chi connectivity index (χ0) is 29.1. The molecule has 3 fully saturated rings. The quantitative estimate of drug-likeness (QED) is 0.305. The van der Waals surface area contributed by atoms with Crippen molar-refractivity contribution in [3.63, 3.8) is 0 Å². The van der Waals surface area contributed by atoms with Gasteiger partial charge in [0.25, 0.3) is 0 Å². The van der Waals surface area contributed by atoms with E-state index >= 15 is 0 Å². The van der Waals surface area contributed by atoms with Gasteiger partial charge in [0.2, 0.25) is 11.8 Å². The van der Waals surface area contributed by atoms with Gasteiger partial charge in [-0.2, -0.15) is 5.10 Å². The molecule has 2 saturated carbocycles. The summed E-state index contributed by atoms with van der Waals surface area (Å²) in [6.45, 7) is 0.449. The molecular formula is C30H29ClN8O3. The second-order valence-corrected chi connectivity index (χ2v) is 11.8. The lowest BCUT2D eigenvalue weighted by Gasteiger charge is -2.18. The van der Waals surface area contributed by atoms with Gasteiger partial charge in [-0.05, 0) is 60.4 Å². The normalized spacial score (nSPS) is 20.0. The molecule has 1 N–H and O–H groups in total. The maximum absolute atomic E-state index is 12.9. The summed E-state index contributed by atoms with van der Waals surface area (Å²) in [4.78, 5) is 47.5. The van der Waals surface area contributed by atoms with Crippen LogP contribution in [0.15, 0.2) is 55.0 Å². The number of imide groups is 1. The van der Waals surface area contributed by atoms with Gasteiger partial charge in [-0.1, -0.05) is 23.7 Å². The molecule has 4 amide bonds. The molecule has 42 heavy (non-hydrogen) atoms. The topological polar surface area (TPSA) is 116 Å². The predicted octanol–water partition coefficient (Wildman–Crippen LogP) is 4.43. The van der Waals surface area contributed by atoms with Crippen molar-refractivity contribution in [1.82, 2.24) is 24.5 Å². The fourth-order valence-corrected chi connectivity index (χ4v) is 5.82. The lowest BCUT2D eigenvalue weighted by Crippen LogP contribution is -2.30. The number of imidazole rings is 1. The number of carbonyl (C=O) groups is 3. The van der Waals surface area contributed by atoms with Crippen molar-refractivity contribution in [2.75, 3.05) is 35.8 Å². The molecule has 1 saturated heterocycles. The Labute approximate surface area is 247 Å². The molecule has 0 bridgehead atoms. The van der Waals surface area contributed by atoms with E-state index in [-0.39, 0.29) is 36.2 Å². The van der Waals surface area contributed by atoms with E-state index < -0.39 is 0 Å². The summed E-state index contributed by atoms with van der Waals surface area (Å²) in [5.41, 5.74) is 5.01. The van der Waals surface area contributed by atoms with Crippen LogP contribution >= 0.6 is 11.6 Å². The van der Waals surface area contributed by atoms with Crippen molar-refractivity contribution in [2.24, 2.45) is 5.92 Å². The highest BCUT2D eigenvalue weighted by Gasteiger charge is 2.44. The van der Waals surface area contributed by atoms with Crippen molar-refractivity contribution in [3.8, 4) is 0 Å². The fraction of sp³-hybridized carbons (Fsp3) is 0.333. The third-order valence-corrected chi connectivity index (χ3v) is 8.50. The van der Waals surface area contributed by atoms with Gasteiger partial charge in [-0.15, -0.1) is 5.10 Å². The standard InChI is InChI=1S/C30H29ClN8O3/c1-36(22-10-26(35-32-12-22)34-29(41)24-11-23(24)18-4-3-5-20(31)8-18)14-21-15-38-13-19(17-6-7-17)9-25(28(38)33-21)39-16-27(40)37(2)30(39)42/h3-5,8-10,12-13,15,17,23-24H,6-7,11,14,16H2,1-2H3,(H,34,35,41)/t23-,24+/m1/s1. The monoisotopic (exact) mass is 584 g/mol. The number of fused-ring (bicyclic) bond motifs is 1. The van der Waals surface area contributed by atoms with Crippen molar-refractivity contribution >= 4 is 52.3 Å². The Bertz CT molecular complexity index is 1750. The molecule has 0 unspecified atom stereocenters. The van der Waals surface area contributed by atoms with Crippen LogP contribution in [0.4, 0.5) is 22.0 Å². The van der Waals surface area contributed by atoms with E-state index in [1.165, 1.54) is 11.9 Å². The number of hydrogen-bond acceptors (Lipinski definition) is 7. The number of pyridine rings is 1. The van der Waals surface area contributed by atoms with Crippen molar-refractivity contribution < 1.29 is 14.4 Å². The highest BCUT2D eigenvalue weighted by molar-refractivity contribution is 6.30. The Hall–Kier alpha value is -4.51. The first-order valence-electron chi connectivity index (χ1n) is 13.9. The number of rotatable bonds is 8. The number of urea groups is 1. The van der Waals surface area contributed by atoms with Gasteiger partial charge in [0.05, 0.1) is 29.8 Å². The third-order valence-electron chi connectivity index (χ3n) is 8.26. The Morgan fingerprint density at radius 1 is 1.14 bits per heavy atom. The van der Waals surface area contributed by atoms with Gasteiger partial charge < -0.3 is 14.6 Å². The van der Waals surface area contributed by atoms with E-state index in [0.717, 1.165) is 46.7 Å². The van der Waals surface area contributed by atoms with Crippen LogP contribution in [0, 0.1) is 5.92 Å². The lowest BCUT2D eigenvalue weighted by atomic mass is 10.1. The fourth-order valence-electron chi connectivity index (χ4n) is 5.62.